The molecule has 2 amide bonds. The van der Waals surface area contributed by atoms with E-state index in [1.54, 1.807) is 0 Å². The van der Waals surface area contributed by atoms with Gasteiger partial charge in [0.1, 0.15) is 0 Å². The Morgan fingerprint density at radius 2 is 1.28 bits per heavy atom. The average molecular weight is 471 g/mol. The van der Waals surface area contributed by atoms with Crippen molar-refractivity contribution in [2.45, 2.75) is 95.2 Å². The zero-order valence-corrected chi connectivity index (χ0v) is 19.1. The van der Waals surface area contributed by atoms with E-state index >= 15 is 0 Å². The van der Waals surface area contributed by atoms with Gasteiger partial charge in [0.2, 0.25) is 11.8 Å². The maximum atomic E-state index is 10.6. The van der Waals surface area contributed by atoms with Crippen molar-refractivity contribution in [1.82, 2.24) is 10.6 Å². The number of carbonyl (C=O) groups excluding carboxylic acids is 2. The Hall–Kier alpha value is -1.54. The molecular weight excluding hydrogens is 429 g/mol. The topological polar surface area (TPSA) is 122 Å². The summed E-state index contributed by atoms with van der Waals surface area (Å²) in [5.41, 5.74) is 5.50. The second-order valence-electron chi connectivity index (χ2n) is 9.25. The van der Waals surface area contributed by atoms with Crippen LogP contribution in [0.25, 0.3) is 0 Å². The highest BCUT2D eigenvalue weighted by atomic mass is 35.5. The highest BCUT2D eigenvalue weighted by Gasteiger charge is 2.42. The van der Waals surface area contributed by atoms with Crippen LogP contribution in [0.4, 0.5) is 0 Å². The molecule has 2 heterocycles. The number of nitrogens with one attached hydrogen (secondary N) is 2. The lowest BCUT2D eigenvalue weighted by Crippen LogP contribution is -2.54. The molecule has 32 heavy (non-hydrogen) atoms. The quantitative estimate of drug-likeness (QED) is 0.263. The first kappa shape index (κ1) is 28.5. The number of β-lactam (4-membered cyclic amide) rings is 2. The number of halogens is 1. The van der Waals surface area contributed by atoms with Gasteiger partial charge in [0.05, 0.1) is 17.8 Å². The Kier molecular flexibility index (Phi) is 12.4. The molecule has 2 aliphatic heterocycles. The van der Waals surface area contributed by atoms with Crippen LogP contribution in [-0.4, -0.2) is 49.4 Å². The van der Waals surface area contributed by atoms with E-state index in [0.717, 1.165) is 32.1 Å². The van der Waals surface area contributed by atoms with Gasteiger partial charge in [0, 0.05) is 18.1 Å². The van der Waals surface area contributed by atoms with Crippen molar-refractivity contribution in [2.24, 2.45) is 23.5 Å². The second-order valence-corrected chi connectivity index (χ2v) is 9.25. The number of rotatable bonds is 1. The number of hydrogen-bond donors (Lipinski definition) is 4. The summed E-state index contributed by atoms with van der Waals surface area (Å²) < 4.78 is 0. The van der Waals surface area contributed by atoms with Crippen LogP contribution in [0.15, 0.2) is 12.2 Å². The molecule has 6 atom stereocenters. The van der Waals surface area contributed by atoms with E-state index in [9.17, 15) is 14.4 Å². The lowest BCUT2D eigenvalue weighted by Gasteiger charge is -2.30. The predicted molar refractivity (Wildman–Crippen MR) is 133 cm³/mol. The molecule has 0 spiro atoms. The number of aliphatic carboxylic acids is 1. The van der Waals surface area contributed by atoms with Gasteiger partial charge >= 0.3 is 5.97 Å². The largest absolute Gasteiger partial charge is 0.481 e. The highest BCUT2D eigenvalue weighted by Crippen LogP contribution is 2.32. The van der Waals surface area contributed by atoms with Crippen molar-refractivity contribution in [2.75, 3.05) is 0 Å². The van der Waals surface area contributed by atoms with E-state index in [0.29, 0.717) is 23.9 Å². The van der Waals surface area contributed by atoms with Gasteiger partial charge in [-0.1, -0.05) is 39.8 Å². The minimum Gasteiger partial charge on any atom is -0.481 e. The summed E-state index contributed by atoms with van der Waals surface area (Å²) in [6.45, 7) is 0. The molecule has 0 aromatic rings. The number of allylic oxidation sites excluding steroid dienone is 2. The van der Waals surface area contributed by atoms with Gasteiger partial charge in [0.25, 0.3) is 0 Å². The van der Waals surface area contributed by atoms with E-state index in [1.807, 2.05) is 0 Å². The van der Waals surface area contributed by atoms with Crippen LogP contribution < -0.4 is 16.4 Å². The maximum Gasteiger partial charge on any atom is 0.308 e. The van der Waals surface area contributed by atoms with Crippen LogP contribution >= 0.6 is 12.4 Å². The molecule has 0 unspecified atom stereocenters. The van der Waals surface area contributed by atoms with Gasteiger partial charge in [0.15, 0.2) is 0 Å². The van der Waals surface area contributed by atoms with Gasteiger partial charge in [-0.25, -0.2) is 0 Å². The summed E-state index contributed by atoms with van der Waals surface area (Å²) in [5, 5.41) is 14.2. The summed E-state index contributed by atoms with van der Waals surface area (Å²) in [6, 6.07) is 1.05. The van der Waals surface area contributed by atoms with E-state index in [1.165, 1.54) is 44.9 Å². The summed E-state index contributed by atoms with van der Waals surface area (Å²) in [5.74, 6) is 0.384. The first-order valence-electron chi connectivity index (χ1n) is 11.7. The van der Waals surface area contributed by atoms with Crippen molar-refractivity contribution in [1.29, 1.82) is 0 Å². The Balaban J connectivity index is 0.000000212. The molecule has 5 N–H and O–H groups in total. The fourth-order valence-electron chi connectivity index (χ4n) is 5.16. The van der Waals surface area contributed by atoms with Gasteiger partial charge in [-0.3, -0.25) is 14.4 Å². The molecule has 4 aliphatic carbocycles. The predicted octanol–water partition coefficient (Wildman–Crippen LogP) is 1.46. The maximum absolute atomic E-state index is 10.6. The smallest absolute Gasteiger partial charge is 0.308 e. The van der Waals surface area contributed by atoms with Crippen LogP contribution in [-0.2, 0) is 14.4 Å². The lowest BCUT2D eigenvalue weighted by molar-refractivity contribution is -0.142. The van der Waals surface area contributed by atoms with Crippen LogP contribution in [0.2, 0.25) is 0 Å². The molecular formula is C23H42BClN3O4-. The van der Waals surface area contributed by atoms with Crippen molar-refractivity contribution < 1.29 is 19.5 Å². The molecule has 7 nitrogen and oxygen atoms in total. The van der Waals surface area contributed by atoms with Gasteiger partial charge in [-0.05, 0) is 57.8 Å². The van der Waals surface area contributed by atoms with Gasteiger partial charge in [-0.2, -0.15) is 0 Å². The number of carbonyl (C=O) groups is 3. The first-order chi connectivity index (χ1) is 14.5. The zero-order valence-electron chi connectivity index (χ0n) is 18.3. The normalized spacial score (nSPS) is 34.4. The third-order valence-corrected chi connectivity index (χ3v) is 7.16. The molecule has 6 rings (SSSR count). The Bertz CT molecular complexity index is 625. The van der Waals surface area contributed by atoms with Gasteiger partial charge in [-0.15, -0.1) is 12.4 Å². The van der Waals surface area contributed by atoms with Crippen molar-refractivity contribution in [3.63, 3.8) is 0 Å². The number of carboxylic acid groups (broad SMARTS) is 1. The molecule has 184 valence electrons. The molecule has 0 bridgehead atoms. The van der Waals surface area contributed by atoms with Gasteiger partial charge < -0.3 is 21.5 Å². The molecule has 2 saturated heterocycles. The fraction of sp³-hybridized carbons (Fsp3) is 0.783. The van der Waals surface area contributed by atoms with E-state index < -0.39 is 5.97 Å². The molecule has 6 aliphatic rings. The molecule has 0 aromatic carbocycles. The number of amides is 2. The third kappa shape index (κ3) is 7.51. The summed E-state index contributed by atoms with van der Waals surface area (Å²) >= 11 is 0. The standard InChI is InChI=1S/C6H11NO2.2C6H9NO.C5H8.BH4.ClH/c7-5-3-1-2-4(5)6(8)9;2*8-6-4-2-1-3-5(4)7-6;1-2-4-5-3-1;;/h4-5H,1-3,7H2,(H,8,9);2*4-5H,1-3H2,(H,7,8);1-2H,3-5H2;1H4;1H/q;;;;-1;/t3*4-,5+;;;/m000.../s1. The molecule has 3 saturated carbocycles. The van der Waals surface area contributed by atoms with Crippen LogP contribution in [0.5, 0.6) is 0 Å². The number of nitrogens with two attached hydrogens (primary N) is 1. The molecule has 0 radical (unpaired) electrons. The molecule has 0 aromatic heterocycles. The van der Waals surface area contributed by atoms with E-state index in [-0.39, 0.29) is 44.6 Å². The average Bonchev–Trinajstić information content (AvgIpc) is 3.49. The minimum absolute atomic E-state index is 0. The van der Waals surface area contributed by atoms with Crippen LogP contribution in [0.3, 0.4) is 0 Å². The molecule has 9 heteroatoms. The van der Waals surface area contributed by atoms with Crippen LogP contribution in [0, 0.1) is 17.8 Å². The Labute approximate surface area is 199 Å². The highest BCUT2D eigenvalue weighted by molar-refractivity contribution is 5.86. The Morgan fingerprint density at radius 3 is 1.50 bits per heavy atom. The number of carboxylic acids is 1. The van der Waals surface area contributed by atoms with E-state index in [4.69, 9.17) is 10.8 Å². The summed E-state index contributed by atoms with van der Waals surface area (Å²) in [7, 11) is 0. The second kappa shape index (κ2) is 13.9. The number of fused-ring (bicyclic) bond motifs is 2. The Morgan fingerprint density at radius 1 is 0.812 bits per heavy atom. The van der Waals surface area contributed by atoms with Crippen molar-refractivity contribution in [3.05, 3.63) is 12.2 Å². The minimum atomic E-state index is -0.736. The summed E-state index contributed by atoms with van der Waals surface area (Å²) in [4.78, 5) is 31.5. The first-order valence-corrected chi connectivity index (χ1v) is 11.7. The zero-order chi connectivity index (χ0) is 21.5. The summed E-state index contributed by atoms with van der Waals surface area (Å²) in [6.07, 6.45) is 18.3. The fourth-order valence-corrected chi connectivity index (χ4v) is 5.16. The van der Waals surface area contributed by atoms with E-state index in [2.05, 4.69) is 22.8 Å². The molecule has 5 fully saturated rings. The third-order valence-electron chi connectivity index (χ3n) is 7.16. The number of hydrogen-bond acceptors (Lipinski definition) is 4. The van der Waals surface area contributed by atoms with Crippen LogP contribution in [0.1, 0.15) is 77.0 Å². The van der Waals surface area contributed by atoms with Crippen molar-refractivity contribution >= 4 is 38.6 Å². The van der Waals surface area contributed by atoms with Crippen molar-refractivity contribution in [3.8, 4) is 0 Å². The SMILES string of the molecule is C1=CCCC1.Cl.N[C@@H]1CCC[C@@H]1C(=O)O.O=C1N[C@@H]2CCC[C@H]12.O=C1N[C@@H]2CCC[C@H]12.[BH4-]. The lowest BCUT2D eigenvalue weighted by atomic mass is 9.95. The monoisotopic (exact) mass is 470 g/mol.